The van der Waals surface area contributed by atoms with Crippen LogP contribution in [-0.4, -0.2) is 58.9 Å². The van der Waals surface area contributed by atoms with Crippen molar-refractivity contribution in [2.45, 2.75) is 6.42 Å². The molecule has 1 aromatic carbocycles. The van der Waals surface area contributed by atoms with Crippen molar-refractivity contribution in [1.29, 1.82) is 0 Å². The average molecular weight is 321 g/mol. The van der Waals surface area contributed by atoms with Crippen LogP contribution in [0.15, 0.2) is 18.2 Å². The maximum atomic E-state index is 12.0. The van der Waals surface area contributed by atoms with Crippen LogP contribution in [0.25, 0.3) is 0 Å². The number of nitrogens with one attached hydrogen (secondary N) is 2. The maximum Gasteiger partial charge on any atom is 0.340 e. The number of amides is 1. The topological polar surface area (TPSA) is 79.9 Å². The quantitative estimate of drug-likeness (QED) is 0.757. The van der Waals surface area contributed by atoms with Gasteiger partial charge in [0, 0.05) is 31.7 Å². The summed E-state index contributed by atoms with van der Waals surface area (Å²) in [4.78, 5) is 26.1. The zero-order valence-electron chi connectivity index (χ0n) is 13.6. The van der Waals surface area contributed by atoms with E-state index < -0.39 is 5.97 Å². The first-order chi connectivity index (χ1) is 11.2. The molecule has 0 aliphatic carbocycles. The number of carbonyl (C=O) groups excluding carboxylic acids is 2. The Hall–Kier alpha value is -2.12. The smallest absolute Gasteiger partial charge is 0.340 e. The van der Waals surface area contributed by atoms with E-state index in [0.29, 0.717) is 37.4 Å². The van der Waals surface area contributed by atoms with E-state index in [2.05, 4.69) is 15.5 Å². The molecule has 1 fully saturated rings. The second kappa shape index (κ2) is 8.50. The Morgan fingerprint density at radius 3 is 2.70 bits per heavy atom. The maximum absolute atomic E-state index is 12.0. The molecule has 1 aromatic rings. The first-order valence-corrected chi connectivity index (χ1v) is 7.65. The van der Waals surface area contributed by atoms with Crippen molar-refractivity contribution in [2.75, 3.05) is 57.2 Å². The third-order valence-corrected chi connectivity index (χ3v) is 3.66. The third kappa shape index (κ3) is 4.67. The second-order valence-electron chi connectivity index (χ2n) is 5.22. The molecule has 2 N–H and O–H groups in total. The Kier molecular flexibility index (Phi) is 6.37. The average Bonchev–Trinajstić information content (AvgIpc) is 2.60. The van der Waals surface area contributed by atoms with E-state index >= 15 is 0 Å². The minimum Gasteiger partial charge on any atom is -0.465 e. The lowest BCUT2D eigenvalue weighted by atomic mass is 10.1. The number of ether oxygens (including phenoxy) is 2. The zero-order valence-corrected chi connectivity index (χ0v) is 13.6. The molecule has 2 rings (SSSR count). The molecule has 0 aromatic heterocycles. The third-order valence-electron chi connectivity index (χ3n) is 3.66. The van der Waals surface area contributed by atoms with E-state index in [1.165, 1.54) is 7.11 Å². The Morgan fingerprint density at radius 2 is 2.04 bits per heavy atom. The fourth-order valence-electron chi connectivity index (χ4n) is 2.39. The molecule has 0 radical (unpaired) electrons. The number of hydrogen-bond donors (Lipinski definition) is 2. The highest BCUT2D eigenvalue weighted by atomic mass is 16.5. The van der Waals surface area contributed by atoms with Crippen molar-refractivity contribution in [3.8, 4) is 0 Å². The largest absolute Gasteiger partial charge is 0.465 e. The standard InChI is InChI=1S/C16H23N3O4/c1-17-6-5-15(20)18-14-4-3-12(11-13(14)16(21)22-2)19-7-9-23-10-8-19/h3-4,11,17H,5-10H2,1-2H3,(H,18,20). The molecule has 0 atom stereocenters. The first-order valence-electron chi connectivity index (χ1n) is 7.65. The molecule has 1 saturated heterocycles. The SMILES string of the molecule is CNCCC(=O)Nc1ccc(N2CCOCC2)cc1C(=O)OC. The number of hydrogen-bond acceptors (Lipinski definition) is 6. The summed E-state index contributed by atoms with van der Waals surface area (Å²) in [6, 6.07) is 5.39. The molecular weight excluding hydrogens is 298 g/mol. The van der Waals surface area contributed by atoms with Crippen molar-refractivity contribution >= 4 is 23.3 Å². The van der Waals surface area contributed by atoms with Crippen LogP contribution in [0.3, 0.4) is 0 Å². The number of rotatable bonds is 6. The fraction of sp³-hybridized carbons (Fsp3) is 0.500. The van der Waals surface area contributed by atoms with Crippen molar-refractivity contribution in [3.63, 3.8) is 0 Å². The monoisotopic (exact) mass is 321 g/mol. The summed E-state index contributed by atoms with van der Waals surface area (Å²) in [5, 5.41) is 5.68. The van der Waals surface area contributed by atoms with Crippen LogP contribution in [0.4, 0.5) is 11.4 Å². The van der Waals surface area contributed by atoms with Gasteiger partial charge in [0.05, 0.1) is 31.6 Å². The summed E-state index contributed by atoms with van der Waals surface area (Å²) in [6.07, 6.45) is 0.336. The normalized spacial score (nSPS) is 14.4. The Bertz CT molecular complexity index is 556. The van der Waals surface area contributed by atoms with Gasteiger partial charge in [0.1, 0.15) is 0 Å². The van der Waals surface area contributed by atoms with Crippen molar-refractivity contribution in [3.05, 3.63) is 23.8 Å². The van der Waals surface area contributed by atoms with Gasteiger partial charge in [-0.25, -0.2) is 4.79 Å². The van der Waals surface area contributed by atoms with Gasteiger partial charge < -0.3 is 25.0 Å². The number of methoxy groups -OCH3 is 1. The summed E-state index contributed by atoms with van der Waals surface area (Å²) in [5.74, 6) is -0.618. The number of benzene rings is 1. The number of anilines is 2. The summed E-state index contributed by atoms with van der Waals surface area (Å²) >= 11 is 0. The molecule has 126 valence electrons. The molecule has 23 heavy (non-hydrogen) atoms. The second-order valence-corrected chi connectivity index (χ2v) is 5.22. The summed E-state index contributed by atoms with van der Waals surface area (Å²) in [5.41, 5.74) is 1.74. The highest BCUT2D eigenvalue weighted by molar-refractivity contribution is 6.02. The van der Waals surface area contributed by atoms with Gasteiger partial charge in [0.2, 0.25) is 5.91 Å². The van der Waals surface area contributed by atoms with E-state index in [0.717, 1.165) is 18.8 Å². The van der Waals surface area contributed by atoms with Crippen molar-refractivity contribution in [2.24, 2.45) is 0 Å². The van der Waals surface area contributed by atoms with Gasteiger partial charge in [-0.2, -0.15) is 0 Å². The molecular formula is C16H23N3O4. The molecule has 0 unspecified atom stereocenters. The van der Waals surface area contributed by atoms with Crippen LogP contribution in [0, 0.1) is 0 Å². The summed E-state index contributed by atoms with van der Waals surface area (Å²) < 4.78 is 10.2. The number of nitrogens with zero attached hydrogens (tertiary/aromatic N) is 1. The minimum absolute atomic E-state index is 0.149. The predicted molar refractivity (Wildman–Crippen MR) is 88.0 cm³/mol. The van der Waals surface area contributed by atoms with Gasteiger partial charge in [0.15, 0.2) is 0 Å². The van der Waals surface area contributed by atoms with Crippen LogP contribution in [0.2, 0.25) is 0 Å². The molecule has 0 spiro atoms. The van der Waals surface area contributed by atoms with Gasteiger partial charge in [0.25, 0.3) is 0 Å². The number of carbonyl (C=O) groups is 2. The van der Waals surface area contributed by atoms with Crippen LogP contribution in [-0.2, 0) is 14.3 Å². The van der Waals surface area contributed by atoms with Crippen LogP contribution in [0.1, 0.15) is 16.8 Å². The zero-order chi connectivity index (χ0) is 16.7. The lowest BCUT2D eigenvalue weighted by Gasteiger charge is -2.29. The fourth-order valence-corrected chi connectivity index (χ4v) is 2.39. The molecule has 0 bridgehead atoms. The molecule has 1 heterocycles. The number of morpholine rings is 1. The molecule has 1 aliphatic heterocycles. The summed E-state index contributed by atoms with van der Waals surface area (Å²) in [6.45, 7) is 3.44. The van der Waals surface area contributed by atoms with Gasteiger partial charge in [-0.05, 0) is 25.2 Å². The molecule has 1 amide bonds. The molecule has 7 nitrogen and oxygen atoms in total. The lowest BCUT2D eigenvalue weighted by molar-refractivity contribution is -0.116. The predicted octanol–water partition coefficient (Wildman–Crippen LogP) is 0.858. The minimum atomic E-state index is -0.468. The number of esters is 1. The van der Waals surface area contributed by atoms with Gasteiger partial charge in [-0.1, -0.05) is 0 Å². The van der Waals surface area contributed by atoms with E-state index in [4.69, 9.17) is 9.47 Å². The van der Waals surface area contributed by atoms with Gasteiger partial charge in [-0.3, -0.25) is 4.79 Å². The highest BCUT2D eigenvalue weighted by Gasteiger charge is 2.18. The van der Waals surface area contributed by atoms with Crippen LogP contribution in [0.5, 0.6) is 0 Å². The van der Waals surface area contributed by atoms with E-state index in [9.17, 15) is 9.59 Å². The van der Waals surface area contributed by atoms with Crippen LogP contribution >= 0.6 is 0 Å². The van der Waals surface area contributed by atoms with Crippen LogP contribution < -0.4 is 15.5 Å². The molecule has 7 heteroatoms. The Balaban J connectivity index is 2.20. The Morgan fingerprint density at radius 1 is 1.30 bits per heavy atom. The van der Waals surface area contributed by atoms with Crippen molar-refractivity contribution in [1.82, 2.24) is 5.32 Å². The molecule has 1 aliphatic rings. The Labute approximate surface area is 135 Å². The highest BCUT2D eigenvalue weighted by Crippen LogP contribution is 2.25. The first kappa shape index (κ1) is 17.2. The lowest BCUT2D eigenvalue weighted by Crippen LogP contribution is -2.36. The van der Waals surface area contributed by atoms with E-state index in [1.807, 2.05) is 6.07 Å². The van der Waals surface area contributed by atoms with Crippen molar-refractivity contribution < 1.29 is 19.1 Å². The van der Waals surface area contributed by atoms with E-state index in [-0.39, 0.29) is 5.91 Å². The van der Waals surface area contributed by atoms with Gasteiger partial charge in [-0.15, -0.1) is 0 Å². The van der Waals surface area contributed by atoms with E-state index in [1.54, 1.807) is 19.2 Å². The molecule has 0 saturated carbocycles. The van der Waals surface area contributed by atoms with Gasteiger partial charge >= 0.3 is 5.97 Å². The summed E-state index contributed by atoms with van der Waals surface area (Å²) in [7, 11) is 3.11.